The number of allylic oxidation sites excluding steroid dienone is 2. The third-order valence-electron chi connectivity index (χ3n) is 5.85. The maximum absolute atomic E-state index is 2.45. The third kappa shape index (κ3) is 2.84. The Labute approximate surface area is 162 Å². The van der Waals surface area contributed by atoms with Crippen molar-refractivity contribution in [2.45, 2.75) is 25.3 Å². The molecule has 0 radical (unpaired) electrons. The lowest BCUT2D eigenvalue weighted by Gasteiger charge is -2.39. The first-order chi connectivity index (χ1) is 13.1. The summed E-state index contributed by atoms with van der Waals surface area (Å²) in [7, 11) is 2.23. The van der Waals surface area contributed by atoms with Gasteiger partial charge < -0.3 is 0 Å². The highest BCUT2D eigenvalue weighted by Gasteiger charge is 2.51. The van der Waals surface area contributed by atoms with E-state index in [1.54, 1.807) is 0 Å². The van der Waals surface area contributed by atoms with Gasteiger partial charge in [-0.15, -0.1) is 0 Å². The Kier molecular flexibility index (Phi) is 4.53. The number of benzene rings is 3. The molecule has 0 amide bonds. The molecule has 0 saturated carbocycles. The second-order valence-electron chi connectivity index (χ2n) is 7.41. The summed E-state index contributed by atoms with van der Waals surface area (Å²) in [6, 6.07) is 32.8. The molecule has 0 bridgehead atoms. The normalized spacial score (nSPS) is 18.3. The van der Waals surface area contributed by atoms with E-state index in [9.17, 15) is 0 Å². The standard InChI is InChI=1S/C26H26N/c1-20-19-26(23-15-9-5-10-16-23,24-17-11-6-12-18-24)25(20)27(3)21(2)22-13-7-4-8-14-22/h4-19,21H,1-3H3/q+1/t21-/m0/s1. The van der Waals surface area contributed by atoms with Crippen molar-refractivity contribution < 1.29 is 4.58 Å². The van der Waals surface area contributed by atoms with Gasteiger partial charge in [-0.25, -0.2) is 4.58 Å². The van der Waals surface area contributed by atoms with E-state index in [1.165, 1.54) is 28.0 Å². The van der Waals surface area contributed by atoms with Crippen molar-refractivity contribution in [3.63, 3.8) is 0 Å². The van der Waals surface area contributed by atoms with Gasteiger partial charge in [0.1, 0.15) is 12.5 Å². The van der Waals surface area contributed by atoms with Crippen molar-refractivity contribution >= 4 is 5.71 Å². The van der Waals surface area contributed by atoms with E-state index >= 15 is 0 Å². The van der Waals surface area contributed by atoms with Crippen LogP contribution in [0.1, 0.15) is 36.6 Å². The first-order valence-corrected chi connectivity index (χ1v) is 9.60. The molecule has 27 heavy (non-hydrogen) atoms. The molecule has 0 aliphatic heterocycles. The quantitative estimate of drug-likeness (QED) is 0.524. The van der Waals surface area contributed by atoms with Crippen LogP contribution in [0.2, 0.25) is 0 Å². The summed E-state index contributed by atoms with van der Waals surface area (Å²) in [5.41, 5.74) is 6.53. The Bertz CT molecular complexity index is 943. The van der Waals surface area contributed by atoms with Gasteiger partial charge >= 0.3 is 0 Å². The average molecular weight is 353 g/mol. The Balaban J connectivity index is 1.93. The maximum atomic E-state index is 2.45. The molecule has 0 fully saturated rings. The molecule has 4 rings (SSSR count). The van der Waals surface area contributed by atoms with E-state index in [2.05, 4.69) is 123 Å². The van der Waals surface area contributed by atoms with Crippen LogP contribution in [-0.2, 0) is 5.41 Å². The maximum Gasteiger partial charge on any atom is 0.198 e. The fraction of sp³-hybridized carbons (Fsp3) is 0.192. The zero-order valence-corrected chi connectivity index (χ0v) is 16.3. The lowest BCUT2D eigenvalue weighted by atomic mass is 9.61. The van der Waals surface area contributed by atoms with Crippen molar-refractivity contribution in [2.75, 3.05) is 7.05 Å². The molecule has 1 aliphatic carbocycles. The average Bonchev–Trinajstić information content (AvgIpc) is 2.73. The molecule has 3 aromatic carbocycles. The fourth-order valence-electron chi connectivity index (χ4n) is 4.41. The summed E-state index contributed by atoms with van der Waals surface area (Å²) < 4.78 is 2.45. The molecule has 0 saturated heterocycles. The first kappa shape index (κ1) is 17.5. The molecule has 1 atom stereocenters. The van der Waals surface area contributed by atoms with Crippen LogP contribution in [0.5, 0.6) is 0 Å². The second-order valence-corrected chi connectivity index (χ2v) is 7.41. The number of rotatable bonds is 4. The van der Waals surface area contributed by atoms with E-state index in [0.29, 0.717) is 6.04 Å². The molecule has 1 nitrogen and oxygen atoms in total. The third-order valence-corrected chi connectivity index (χ3v) is 5.85. The Hall–Kier alpha value is -2.93. The highest BCUT2D eigenvalue weighted by molar-refractivity contribution is 6.15. The lowest BCUT2D eigenvalue weighted by Crippen LogP contribution is -2.48. The lowest BCUT2D eigenvalue weighted by molar-refractivity contribution is -0.542. The topological polar surface area (TPSA) is 3.01 Å². The Morgan fingerprint density at radius 3 is 1.59 bits per heavy atom. The molecule has 1 aliphatic rings. The zero-order valence-electron chi connectivity index (χ0n) is 16.3. The molecular weight excluding hydrogens is 326 g/mol. The highest BCUT2D eigenvalue weighted by Crippen LogP contribution is 2.45. The van der Waals surface area contributed by atoms with Crippen LogP contribution in [0.25, 0.3) is 0 Å². The van der Waals surface area contributed by atoms with Gasteiger partial charge in [-0.3, -0.25) is 0 Å². The second kappa shape index (κ2) is 7.00. The van der Waals surface area contributed by atoms with Crippen LogP contribution >= 0.6 is 0 Å². The van der Waals surface area contributed by atoms with Crippen molar-refractivity contribution in [3.8, 4) is 0 Å². The van der Waals surface area contributed by atoms with Gasteiger partial charge in [-0.05, 0) is 24.1 Å². The summed E-state index contributed by atoms with van der Waals surface area (Å²) in [6.45, 7) is 4.52. The van der Waals surface area contributed by atoms with Crippen molar-refractivity contribution in [3.05, 3.63) is 119 Å². The number of hydrogen-bond acceptors (Lipinski definition) is 0. The van der Waals surface area contributed by atoms with Gasteiger partial charge in [0, 0.05) is 18.1 Å². The van der Waals surface area contributed by atoms with Gasteiger partial charge in [0.2, 0.25) is 0 Å². The Morgan fingerprint density at radius 2 is 1.15 bits per heavy atom. The van der Waals surface area contributed by atoms with Gasteiger partial charge in [0.25, 0.3) is 0 Å². The van der Waals surface area contributed by atoms with E-state index in [1.807, 2.05) is 0 Å². The first-order valence-electron chi connectivity index (χ1n) is 9.60. The van der Waals surface area contributed by atoms with Gasteiger partial charge in [-0.2, -0.15) is 0 Å². The van der Waals surface area contributed by atoms with Crippen molar-refractivity contribution in [1.82, 2.24) is 0 Å². The van der Waals surface area contributed by atoms with E-state index in [-0.39, 0.29) is 5.41 Å². The molecular formula is C26H26N+. The molecule has 0 N–H and O–H groups in total. The summed E-state index contributed by atoms with van der Waals surface area (Å²) in [4.78, 5) is 0. The molecule has 0 unspecified atom stereocenters. The minimum absolute atomic E-state index is 0.190. The molecule has 134 valence electrons. The van der Waals surface area contributed by atoms with E-state index < -0.39 is 0 Å². The van der Waals surface area contributed by atoms with Crippen LogP contribution < -0.4 is 0 Å². The highest BCUT2D eigenvalue weighted by atomic mass is 15.0. The summed E-state index contributed by atoms with van der Waals surface area (Å²) in [5, 5.41) is 0. The monoisotopic (exact) mass is 352 g/mol. The summed E-state index contributed by atoms with van der Waals surface area (Å²) in [5.74, 6) is 0. The fourth-order valence-corrected chi connectivity index (χ4v) is 4.41. The van der Waals surface area contributed by atoms with Crippen molar-refractivity contribution in [1.29, 1.82) is 0 Å². The summed E-state index contributed by atoms with van der Waals surface area (Å²) in [6.07, 6.45) is 2.42. The number of nitrogens with zero attached hydrogens (tertiary/aromatic N) is 1. The van der Waals surface area contributed by atoms with Crippen LogP contribution in [0.3, 0.4) is 0 Å². The smallest absolute Gasteiger partial charge is 0.198 e. The minimum Gasteiger partial charge on any atom is -0.228 e. The molecule has 1 heteroatoms. The van der Waals surface area contributed by atoms with Crippen molar-refractivity contribution in [2.24, 2.45) is 0 Å². The molecule has 0 heterocycles. The molecule has 3 aromatic rings. The van der Waals surface area contributed by atoms with E-state index in [0.717, 1.165) is 0 Å². The van der Waals surface area contributed by atoms with Crippen LogP contribution in [0.15, 0.2) is 103 Å². The predicted octanol–water partition coefficient (Wildman–Crippen LogP) is 5.78. The molecule has 0 aromatic heterocycles. The molecule has 0 spiro atoms. The largest absolute Gasteiger partial charge is 0.228 e. The predicted molar refractivity (Wildman–Crippen MR) is 113 cm³/mol. The Morgan fingerprint density at radius 1 is 0.704 bits per heavy atom. The van der Waals surface area contributed by atoms with Gasteiger partial charge in [0.05, 0.1) is 0 Å². The van der Waals surface area contributed by atoms with Crippen LogP contribution in [-0.4, -0.2) is 17.3 Å². The van der Waals surface area contributed by atoms with Gasteiger partial charge in [-0.1, -0.05) is 91.0 Å². The number of hydrogen-bond donors (Lipinski definition) is 0. The van der Waals surface area contributed by atoms with Crippen LogP contribution in [0, 0.1) is 0 Å². The van der Waals surface area contributed by atoms with Crippen LogP contribution in [0.4, 0.5) is 0 Å². The van der Waals surface area contributed by atoms with Gasteiger partial charge in [0.15, 0.2) is 11.8 Å². The SMILES string of the molecule is CC1=CC(c2ccccc2)(c2ccccc2)C1=[N+](C)[C@@H](C)c1ccccc1. The van der Waals surface area contributed by atoms with E-state index in [4.69, 9.17) is 0 Å². The zero-order chi connectivity index (χ0) is 18.9. The minimum atomic E-state index is -0.190. The summed E-state index contributed by atoms with van der Waals surface area (Å²) >= 11 is 0.